The van der Waals surface area contributed by atoms with E-state index in [1.165, 1.54) is 30.5 Å². The van der Waals surface area contributed by atoms with Crippen molar-refractivity contribution in [3.63, 3.8) is 0 Å². The van der Waals surface area contributed by atoms with E-state index in [-0.39, 0.29) is 28.6 Å². The lowest BCUT2D eigenvalue weighted by molar-refractivity contribution is 0.547. The molecule has 9 heteroatoms. The molecular formula is C13H13Cl2N3O3S. The number of hydrogen-bond acceptors (Lipinski definition) is 4. The molecule has 0 fully saturated rings. The molecule has 2 aromatic rings. The van der Waals surface area contributed by atoms with Gasteiger partial charge in [-0.15, -0.1) is 0 Å². The van der Waals surface area contributed by atoms with Crippen LogP contribution in [-0.4, -0.2) is 24.7 Å². The number of sulfonamides is 1. The first-order valence-electron chi connectivity index (χ1n) is 6.29. The van der Waals surface area contributed by atoms with Crippen molar-refractivity contribution < 1.29 is 8.42 Å². The largest absolute Gasteiger partial charge is 0.268 e. The lowest BCUT2D eigenvalue weighted by Gasteiger charge is -2.10. The maximum atomic E-state index is 12.2. The van der Waals surface area contributed by atoms with Crippen molar-refractivity contribution in [2.75, 3.05) is 6.54 Å². The fraction of sp³-hybridized carbons (Fsp3) is 0.231. The van der Waals surface area contributed by atoms with E-state index in [0.717, 1.165) is 4.68 Å². The topological polar surface area (TPSA) is 81.1 Å². The van der Waals surface area contributed by atoms with Gasteiger partial charge in [-0.05, 0) is 30.7 Å². The first-order valence-corrected chi connectivity index (χ1v) is 8.52. The van der Waals surface area contributed by atoms with Crippen LogP contribution in [0.1, 0.15) is 5.56 Å². The minimum Gasteiger partial charge on any atom is -0.268 e. The van der Waals surface area contributed by atoms with Crippen LogP contribution < -0.4 is 10.3 Å². The van der Waals surface area contributed by atoms with E-state index in [1.807, 2.05) is 0 Å². The van der Waals surface area contributed by atoms with Crippen LogP contribution in [0.15, 0.2) is 40.2 Å². The van der Waals surface area contributed by atoms with Gasteiger partial charge in [-0.2, -0.15) is 5.10 Å². The van der Waals surface area contributed by atoms with E-state index in [1.54, 1.807) is 6.92 Å². The van der Waals surface area contributed by atoms with E-state index in [4.69, 9.17) is 23.2 Å². The highest BCUT2D eigenvalue weighted by atomic mass is 35.5. The molecule has 0 aliphatic heterocycles. The zero-order valence-corrected chi connectivity index (χ0v) is 13.9. The van der Waals surface area contributed by atoms with Gasteiger partial charge in [0.1, 0.15) is 4.90 Å². The zero-order chi connectivity index (χ0) is 16.3. The molecule has 0 saturated carbocycles. The molecule has 0 atom stereocenters. The van der Waals surface area contributed by atoms with Crippen molar-refractivity contribution in [2.24, 2.45) is 0 Å². The Morgan fingerprint density at radius 2 is 2.00 bits per heavy atom. The summed E-state index contributed by atoms with van der Waals surface area (Å²) >= 11 is 11.8. The first kappa shape index (κ1) is 17.0. The molecule has 0 amide bonds. The van der Waals surface area contributed by atoms with Gasteiger partial charge in [-0.3, -0.25) is 4.79 Å². The van der Waals surface area contributed by atoms with Gasteiger partial charge in [0.05, 0.1) is 11.6 Å². The highest BCUT2D eigenvalue weighted by Gasteiger charge is 2.19. The van der Waals surface area contributed by atoms with Crippen LogP contribution in [0.5, 0.6) is 0 Å². The van der Waals surface area contributed by atoms with Crippen LogP contribution >= 0.6 is 23.2 Å². The number of benzene rings is 1. The monoisotopic (exact) mass is 361 g/mol. The number of aryl methyl sites for hydroxylation is 1. The Bertz CT molecular complexity index is 850. The van der Waals surface area contributed by atoms with Crippen LogP contribution in [0.25, 0.3) is 0 Å². The Kier molecular flexibility index (Phi) is 5.23. The Balaban J connectivity index is 2.14. The van der Waals surface area contributed by atoms with Crippen molar-refractivity contribution in [3.05, 3.63) is 56.4 Å². The van der Waals surface area contributed by atoms with Gasteiger partial charge in [0.2, 0.25) is 10.0 Å². The van der Waals surface area contributed by atoms with Crippen molar-refractivity contribution in [1.82, 2.24) is 14.5 Å². The molecule has 118 valence electrons. The summed E-state index contributed by atoms with van der Waals surface area (Å²) in [5.74, 6) is 0. The SMILES string of the molecule is Cc1cc(S(=O)(=O)NCCn2ncccc2=O)c(Cl)cc1Cl. The minimum atomic E-state index is -3.80. The molecule has 1 aromatic carbocycles. The third kappa shape index (κ3) is 3.86. The minimum absolute atomic E-state index is 0.0112. The Morgan fingerprint density at radius 1 is 1.27 bits per heavy atom. The Hall–Kier alpha value is -1.41. The summed E-state index contributed by atoms with van der Waals surface area (Å²) in [5.41, 5.74) is 0.300. The normalized spacial score (nSPS) is 11.6. The molecule has 22 heavy (non-hydrogen) atoms. The lowest BCUT2D eigenvalue weighted by Crippen LogP contribution is -2.31. The molecule has 0 aliphatic carbocycles. The van der Waals surface area contributed by atoms with Crippen LogP contribution in [0.2, 0.25) is 10.0 Å². The molecule has 1 aromatic heterocycles. The fourth-order valence-electron chi connectivity index (χ4n) is 1.76. The van der Waals surface area contributed by atoms with E-state index in [2.05, 4.69) is 9.82 Å². The van der Waals surface area contributed by atoms with Gasteiger partial charge in [0.15, 0.2) is 0 Å². The van der Waals surface area contributed by atoms with Crippen molar-refractivity contribution >= 4 is 33.2 Å². The second-order valence-electron chi connectivity index (χ2n) is 4.51. The second-order valence-corrected chi connectivity index (χ2v) is 7.06. The van der Waals surface area contributed by atoms with E-state index in [9.17, 15) is 13.2 Å². The van der Waals surface area contributed by atoms with Crippen LogP contribution in [-0.2, 0) is 16.6 Å². The molecule has 0 radical (unpaired) electrons. The third-order valence-corrected chi connectivity index (χ3v) is 5.24. The number of nitrogens with one attached hydrogen (secondary N) is 1. The summed E-state index contributed by atoms with van der Waals surface area (Å²) in [5, 5.41) is 4.27. The molecule has 0 saturated heterocycles. The number of aromatic nitrogens is 2. The first-order chi connectivity index (χ1) is 10.3. The van der Waals surface area contributed by atoms with E-state index < -0.39 is 10.0 Å². The molecule has 0 bridgehead atoms. The van der Waals surface area contributed by atoms with Gasteiger partial charge in [-0.25, -0.2) is 17.8 Å². The molecule has 1 N–H and O–H groups in total. The molecule has 6 nitrogen and oxygen atoms in total. The maximum Gasteiger partial charge on any atom is 0.266 e. The summed E-state index contributed by atoms with van der Waals surface area (Å²) in [6.45, 7) is 1.81. The summed E-state index contributed by atoms with van der Waals surface area (Å²) in [6, 6.07) is 5.65. The van der Waals surface area contributed by atoms with Gasteiger partial charge in [0.25, 0.3) is 5.56 Å². The van der Waals surface area contributed by atoms with Crippen LogP contribution in [0, 0.1) is 6.92 Å². The predicted molar refractivity (Wildman–Crippen MR) is 84.9 cm³/mol. The van der Waals surface area contributed by atoms with Gasteiger partial charge in [-0.1, -0.05) is 23.2 Å². The van der Waals surface area contributed by atoms with Gasteiger partial charge in [0, 0.05) is 23.8 Å². The molecule has 0 spiro atoms. The lowest BCUT2D eigenvalue weighted by atomic mass is 10.2. The number of hydrogen-bond donors (Lipinski definition) is 1. The molecule has 0 unspecified atom stereocenters. The Morgan fingerprint density at radius 3 is 2.68 bits per heavy atom. The van der Waals surface area contributed by atoms with Gasteiger partial charge < -0.3 is 0 Å². The van der Waals surface area contributed by atoms with Crippen molar-refractivity contribution in [1.29, 1.82) is 0 Å². The standard InChI is InChI=1S/C13H13Cl2N3O3S/c1-9-7-12(11(15)8-10(9)14)22(20,21)17-5-6-18-13(19)3-2-4-16-18/h2-4,7-8,17H,5-6H2,1H3. The third-order valence-electron chi connectivity index (χ3n) is 2.90. The number of halogens is 2. The molecule has 0 aliphatic rings. The zero-order valence-electron chi connectivity index (χ0n) is 11.6. The highest BCUT2D eigenvalue weighted by Crippen LogP contribution is 2.27. The van der Waals surface area contributed by atoms with E-state index in [0.29, 0.717) is 10.6 Å². The van der Waals surface area contributed by atoms with Crippen molar-refractivity contribution in [3.8, 4) is 0 Å². The van der Waals surface area contributed by atoms with Crippen molar-refractivity contribution in [2.45, 2.75) is 18.4 Å². The molecule has 2 rings (SSSR count). The van der Waals surface area contributed by atoms with Gasteiger partial charge >= 0.3 is 0 Å². The molecule has 1 heterocycles. The quantitative estimate of drug-likeness (QED) is 0.880. The highest BCUT2D eigenvalue weighted by molar-refractivity contribution is 7.89. The second kappa shape index (κ2) is 6.78. The summed E-state index contributed by atoms with van der Waals surface area (Å²) < 4.78 is 28.0. The number of nitrogens with zero attached hydrogens (tertiary/aromatic N) is 2. The maximum absolute atomic E-state index is 12.2. The fourth-order valence-corrected chi connectivity index (χ4v) is 3.61. The smallest absolute Gasteiger partial charge is 0.266 e. The number of rotatable bonds is 5. The summed E-state index contributed by atoms with van der Waals surface area (Å²) in [4.78, 5) is 11.4. The Labute approximate surface area is 137 Å². The molecular weight excluding hydrogens is 349 g/mol. The summed E-state index contributed by atoms with van der Waals surface area (Å²) in [6.07, 6.45) is 1.45. The van der Waals surface area contributed by atoms with Crippen LogP contribution in [0.4, 0.5) is 0 Å². The summed E-state index contributed by atoms with van der Waals surface area (Å²) in [7, 11) is -3.80. The average molecular weight is 362 g/mol. The average Bonchev–Trinajstić information content (AvgIpc) is 2.44. The van der Waals surface area contributed by atoms with Crippen LogP contribution in [0.3, 0.4) is 0 Å². The van der Waals surface area contributed by atoms with E-state index >= 15 is 0 Å². The predicted octanol–water partition coefficient (Wildman–Crippen LogP) is 1.84.